The van der Waals surface area contributed by atoms with Crippen molar-refractivity contribution in [1.29, 1.82) is 0 Å². The maximum absolute atomic E-state index is 13.2. The van der Waals surface area contributed by atoms with Gasteiger partial charge in [-0.25, -0.2) is 32.9 Å². The standard InChI is InChI=1S/C30H27N5O6S/c1-4-25(41-29(37)23-10-6-5-9-22(23)28-34-24-11-7-8-12-26(24)40-28)27(36)33-20-13-15-21(16-14-20)42(38,39)35-30-31-18(2)17-19(3)32-30/h5-17,25H,4H2,1-3H3,(H,33,36)(H,31,32,35). The zero-order valence-electron chi connectivity index (χ0n) is 23.0. The molecule has 0 bridgehead atoms. The van der Waals surface area contributed by atoms with Crippen molar-refractivity contribution < 1.29 is 27.2 Å². The number of oxazole rings is 1. The zero-order chi connectivity index (χ0) is 29.9. The highest BCUT2D eigenvalue weighted by Crippen LogP contribution is 2.28. The van der Waals surface area contributed by atoms with Crippen molar-refractivity contribution >= 4 is 44.6 Å². The lowest BCUT2D eigenvalue weighted by molar-refractivity contribution is -0.124. The Balaban J connectivity index is 1.27. The van der Waals surface area contributed by atoms with Crippen LogP contribution in [0.3, 0.4) is 0 Å². The van der Waals surface area contributed by atoms with Gasteiger partial charge in [0.1, 0.15) is 5.52 Å². The number of fused-ring (bicyclic) bond motifs is 1. The topological polar surface area (TPSA) is 153 Å². The van der Waals surface area contributed by atoms with Crippen LogP contribution in [0.4, 0.5) is 11.6 Å². The number of sulfonamides is 1. The summed E-state index contributed by atoms with van der Waals surface area (Å²) in [6.07, 6.45) is -0.907. The molecule has 12 heteroatoms. The number of esters is 1. The number of carbonyl (C=O) groups excluding carboxylic acids is 2. The van der Waals surface area contributed by atoms with Crippen LogP contribution in [0.15, 0.2) is 88.2 Å². The maximum Gasteiger partial charge on any atom is 0.339 e. The summed E-state index contributed by atoms with van der Waals surface area (Å²) in [4.78, 5) is 38.8. The molecular weight excluding hydrogens is 558 g/mol. The van der Waals surface area contributed by atoms with Crippen molar-refractivity contribution in [3.8, 4) is 11.5 Å². The number of aryl methyl sites for hydroxylation is 2. The Morgan fingerprint density at radius 3 is 2.26 bits per heavy atom. The Kier molecular flexibility index (Phi) is 7.98. The van der Waals surface area contributed by atoms with Crippen LogP contribution in [0.2, 0.25) is 0 Å². The number of anilines is 2. The molecule has 5 aromatic rings. The number of hydrogen-bond acceptors (Lipinski definition) is 9. The molecule has 2 aromatic heterocycles. The number of benzene rings is 3. The van der Waals surface area contributed by atoms with E-state index < -0.39 is 28.0 Å². The van der Waals surface area contributed by atoms with E-state index in [0.717, 1.165) is 0 Å². The number of aromatic nitrogens is 3. The van der Waals surface area contributed by atoms with Gasteiger partial charge in [0.15, 0.2) is 11.7 Å². The molecule has 2 N–H and O–H groups in total. The first-order chi connectivity index (χ1) is 20.1. The molecule has 42 heavy (non-hydrogen) atoms. The summed E-state index contributed by atoms with van der Waals surface area (Å²) in [6.45, 7) is 5.18. The van der Waals surface area contributed by atoms with E-state index in [9.17, 15) is 18.0 Å². The Morgan fingerprint density at radius 2 is 1.57 bits per heavy atom. The van der Waals surface area contributed by atoms with Gasteiger partial charge in [-0.1, -0.05) is 31.2 Å². The molecular formula is C30H27N5O6S. The van der Waals surface area contributed by atoms with Crippen molar-refractivity contribution in [2.75, 3.05) is 10.0 Å². The molecule has 0 radical (unpaired) electrons. The summed E-state index contributed by atoms with van der Waals surface area (Å²) in [5.41, 5.74) is 3.43. The largest absolute Gasteiger partial charge is 0.449 e. The van der Waals surface area contributed by atoms with E-state index in [1.54, 1.807) is 63.2 Å². The van der Waals surface area contributed by atoms with E-state index in [2.05, 4.69) is 25.0 Å². The summed E-state index contributed by atoms with van der Waals surface area (Å²) in [5.74, 6) is -1.05. The summed E-state index contributed by atoms with van der Waals surface area (Å²) in [5, 5.41) is 2.67. The first-order valence-electron chi connectivity index (χ1n) is 13.0. The molecule has 3 aromatic carbocycles. The van der Waals surface area contributed by atoms with Crippen LogP contribution in [0.5, 0.6) is 0 Å². The van der Waals surface area contributed by atoms with Gasteiger partial charge in [-0.05, 0) is 74.9 Å². The summed E-state index contributed by atoms with van der Waals surface area (Å²) >= 11 is 0. The van der Waals surface area contributed by atoms with Gasteiger partial charge < -0.3 is 14.5 Å². The number of rotatable bonds is 9. The summed E-state index contributed by atoms with van der Waals surface area (Å²) in [6, 6.07) is 21.2. The second kappa shape index (κ2) is 11.8. The Morgan fingerprint density at radius 1 is 0.905 bits per heavy atom. The molecule has 11 nitrogen and oxygen atoms in total. The minimum absolute atomic E-state index is 0.0323. The fourth-order valence-electron chi connectivity index (χ4n) is 4.24. The van der Waals surface area contributed by atoms with Crippen molar-refractivity contribution in [2.24, 2.45) is 0 Å². The number of nitrogens with one attached hydrogen (secondary N) is 2. The van der Waals surface area contributed by atoms with Gasteiger partial charge in [0, 0.05) is 17.1 Å². The average molecular weight is 586 g/mol. The number of nitrogens with zero attached hydrogens (tertiary/aromatic N) is 3. The van der Waals surface area contributed by atoms with E-state index in [0.29, 0.717) is 33.7 Å². The quantitative estimate of drug-likeness (QED) is 0.220. The summed E-state index contributed by atoms with van der Waals surface area (Å²) in [7, 11) is -3.97. The molecule has 0 aliphatic heterocycles. The Labute approximate surface area is 242 Å². The minimum Gasteiger partial charge on any atom is -0.449 e. The fraction of sp³-hybridized carbons (Fsp3) is 0.167. The summed E-state index contributed by atoms with van der Waals surface area (Å²) < 4.78 is 39.4. The third kappa shape index (κ3) is 6.28. The van der Waals surface area contributed by atoms with Crippen LogP contribution >= 0.6 is 0 Å². The van der Waals surface area contributed by atoms with E-state index in [1.807, 2.05) is 12.1 Å². The van der Waals surface area contributed by atoms with E-state index in [-0.39, 0.29) is 28.7 Å². The van der Waals surface area contributed by atoms with Crippen molar-refractivity contribution in [2.45, 2.75) is 38.2 Å². The van der Waals surface area contributed by atoms with Gasteiger partial charge in [-0.3, -0.25) is 4.79 Å². The average Bonchev–Trinajstić information content (AvgIpc) is 3.39. The van der Waals surface area contributed by atoms with Crippen LogP contribution in [-0.4, -0.2) is 41.4 Å². The van der Waals surface area contributed by atoms with Gasteiger partial charge >= 0.3 is 5.97 Å². The van der Waals surface area contributed by atoms with Crippen LogP contribution < -0.4 is 10.0 Å². The molecule has 1 atom stereocenters. The number of carbonyl (C=O) groups is 2. The number of amides is 1. The van der Waals surface area contributed by atoms with Crippen LogP contribution in [0, 0.1) is 13.8 Å². The molecule has 1 amide bonds. The molecule has 0 saturated heterocycles. The Bertz CT molecular complexity index is 1830. The van der Waals surface area contributed by atoms with Gasteiger partial charge in [0.05, 0.1) is 16.0 Å². The van der Waals surface area contributed by atoms with Gasteiger partial charge in [-0.2, -0.15) is 0 Å². The number of para-hydroxylation sites is 2. The third-order valence-corrected chi connectivity index (χ3v) is 7.57. The van der Waals surface area contributed by atoms with Crippen molar-refractivity contribution in [3.05, 3.63) is 95.8 Å². The smallest absolute Gasteiger partial charge is 0.339 e. The lowest BCUT2D eigenvalue weighted by Crippen LogP contribution is -2.32. The fourth-order valence-corrected chi connectivity index (χ4v) is 5.18. The highest BCUT2D eigenvalue weighted by molar-refractivity contribution is 7.92. The second-order valence-corrected chi connectivity index (χ2v) is 11.1. The predicted molar refractivity (Wildman–Crippen MR) is 156 cm³/mol. The molecule has 5 rings (SSSR count). The second-order valence-electron chi connectivity index (χ2n) is 9.43. The highest BCUT2D eigenvalue weighted by atomic mass is 32.2. The lowest BCUT2D eigenvalue weighted by atomic mass is 10.1. The van der Waals surface area contributed by atoms with E-state index >= 15 is 0 Å². The monoisotopic (exact) mass is 585 g/mol. The SMILES string of the molecule is CCC(OC(=O)c1ccccc1-c1nc2ccccc2o1)C(=O)Nc1ccc(S(=O)(=O)Nc2nc(C)cc(C)n2)cc1. The van der Waals surface area contributed by atoms with Gasteiger partial charge in [0.25, 0.3) is 15.9 Å². The van der Waals surface area contributed by atoms with Gasteiger partial charge in [0.2, 0.25) is 11.8 Å². The van der Waals surface area contributed by atoms with Gasteiger partial charge in [-0.15, -0.1) is 0 Å². The first kappa shape index (κ1) is 28.4. The van der Waals surface area contributed by atoms with Crippen LogP contribution in [0.1, 0.15) is 35.1 Å². The molecule has 0 spiro atoms. The molecule has 0 aliphatic carbocycles. The molecule has 0 aliphatic rings. The highest BCUT2D eigenvalue weighted by Gasteiger charge is 2.25. The van der Waals surface area contributed by atoms with Crippen LogP contribution in [-0.2, 0) is 19.6 Å². The zero-order valence-corrected chi connectivity index (χ0v) is 23.8. The maximum atomic E-state index is 13.2. The molecule has 0 saturated carbocycles. The molecule has 1 unspecified atom stereocenters. The molecule has 2 heterocycles. The van der Waals surface area contributed by atoms with E-state index in [4.69, 9.17) is 9.15 Å². The number of hydrogen-bond donors (Lipinski definition) is 2. The van der Waals surface area contributed by atoms with Crippen molar-refractivity contribution in [1.82, 2.24) is 15.0 Å². The normalized spacial score (nSPS) is 12.1. The number of ether oxygens (including phenoxy) is 1. The first-order valence-corrected chi connectivity index (χ1v) is 14.5. The van der Waals surface area contributed by atoms with Crippen molar-refractivity contribution in [3.63, 3.8) is 0 Å². The lowest BCUT2D eigenvalue weighted by Gasteiger charge is -2.17. The molecule has 0 fully saturated rings. The predicted octanol–water partition coefficient (Wildman–Crippen LogP) is 5.28. The van der Waals surface area contributed by atoms with E-state index in [1.165, 1.54) is 24.3 Å². The third-order valence-electron chi connectivity index (χ3n) is 6.22. The molecule has 214 valence electrons. The van der Waals surface area contributed by atoms with Crippen LogP contribution in [0.25, 0.3) is 22.6 Å². The minimum atomic E-state index is -3.97. The Hall–Kier alpha value is -5.10.